The van der Waals surface area contributed by atoms with Crippen LogP contribution in [0.5, 0.6) is 0 Å². The summed E-state index contributed by atoms with van der Waals surface area (Å²) in [4.78, 5) is 48.0. The fourth-order valence-corrected chi connectivity index (χ4v) is 0. The van der Waals surface area contributed by atoms with Gasteiger partial charge in [-0.3, -0.25) is 0 Å². The van der Waals surface area contributed by atoms with Crippen molar-refractivity contribution in [1.82, 2.24) is 0 Å². The van der Waals surface area contributed by atoms with Crippen LogP contribution >= 0.6 is 0 Å². The van der Waals surface area contributed by atoms with Gasteiger partial charge in [0, 0.05) is 46.3 Å². The Labute approximate surface area is 139 Å². The second-order valence-corrected chi connectivity index (χ2v) is 0.447. The minimum Gasteiger partial charge on any atom is -0.444 e. The topological polar surface area (TPSA) is 315 Å². The normalized spacial score (nSPS) is 3.60. The third kappa shape index (κ3) is 806. The van der Waals surface area contributed by atoms with Gasteiger partial charge in [-0.2, -0.15) is 0 Å². The fraction of sp³-hybridized carbons (Fsp3) is 0. The van der Waals surface area contributed by atoms with Gasteiger partial charge in [-0.1, -0.05) is 0 Å². The molecule has 0 saturated carbocycles. The summed E-state index contributed by atoms with van der Waals surface area (Å²) in [5.74, 6) is 0. The number of nitrogens with zero attached hydrogens (tertiary/aromatic N) is 6. The molecule has 18 nitrogen and oxygen atoms in total. The zero-order chi connectivity index (χ0) is 16.2. The molecule has 0 saturated heterocycles. The van der Waals surface area contributed by atoms with Crippen LogP contribution in [0.2, 0.25) is 0 Å². The molecule has 0 aliphatic heterocycles. The fourth-order valence-electron chi connectivity index (χ4n) is 0. The van der Waals surface area contributed by atoms with Crippen molar-refractivity contribution in [3.63, 3.8) is 0 Å². The zero-order valence-corrected chi connectivity index (χ0v) is 12.0. The maximum absolute atomic E-state index is 8.00. The van der Waals surface area contributed by atoms with Crippen LogP contribution in [0.15, 0.2) is 32.0 Å². The van der Waals surface area contributed by atoms with Crippen molar-refractivity contribution < 1.29 is 16.8 Å². The Morgan fingerprint density at radius 2 is 0.400 bits per heavy atom. The van der Waals surface area contributed by atoms with Gasteiger partial charge in [0.05, 0.1) is 0 Å². The zero-order valence-electron chi connectivity index (χ0n) is 8.92. The van der Waals surface area contributed by atoms with Crippen LogP contribution in [0.1, 0.15) is 0 Å². The Kier molecular flexibility index (Phi) is 731. The Bertz CT molecular complexity index is 119. The predicted molar refractivity (Wildman–Crippen MR) is 60.7 cm³/mol. The van der Waals surface area contributed by atoms with E-state index in [1.54, 1.807) is 0 Å². The van der Waals surface area contributed by atoms with E-state index in [9.17, 15) is 0 Å². The van der Waals surface area contributed by atoms with Crippen LogP contribution in [-0.2, 0) is 16.8 Å². The van der Waals surface area contributed by atoms with Gasteiger partial charge in [0.1, 0.15) is 0 Å². The smallest absolute Gasteiger partial charge is 0 e. The van der Waals surface area contributed by atoms with Gasteiger partial charge in [-0.25, -0.2) is 0 Å². The second kappa shape index (κ2) is 280. The molecule has 0 aromatic carbocycles. The average Bonchev–Trinajstić information content (AvgIpc) is 2.23. The average molecular weight is 358 g/mol. The molecule has 0 spiro atoms. The van der Waals surface area contributed by atoms with Gasteiger partial charge in [-0.05, 0) is 0 Å². The summed E-state index contributed by atoms with van der Waals surface area (Å²) in [7, 11) is 0. The minimum atomic E-state index is 0. The molecule has 0 fully saturated rings. The van der Waals surface area contributed by atoms with E-state index in [1.807, 2.05) is 0 Å². The first-order valence-corrected chi connectivity index (χ1v) is 2.19. The van der Waals surface area contributed by atoms with E-state index in [1.165, 1.54) is 0 Å². The summed E-state index contributed by atoms with van der Waals surface area (Å²) >= 11 is 0. The van der Waals surface area contributed by atoms with Gasteiger partial charge >= 0.3 is 0 Å². The monoisotopic (exact) mass is 358 g/mol. The summed E-state index contributed by atoms with van der Waals surface area (Å²) in [5.41, 5.74) is 0. The molecule has 0 bridgehead atoms. The summed E-state index contributed by atoms with van der Waals surface area (Å²) < 4.78 is 0. The third-order valence-electron chi connectivity index (χ3n) is 0. The van der Waals surface area contributed by atoms with Crippen molar-refractivity contribution in [2.75, 3.05) is 0 Å². The predicted octanol–water partition coefficient (Wildman–Crippen LogP) is 1.12. The van der Waals surface area contributed by atoms with Crippen LogP contribution in [0.3, 0.4) is 0 Å². The van der Waals surface area contributed by atoms with E-state index in [2.05, 4.69) is 0 Å². The largest absolute Gasteiger partial charge is 0.444 e. The molecule has 0 N–H and O–H groups in total. The van der Waals surface area contributed by atoms with Crippen molar-refractivity contribution in [2.45, 2.75) is 0 Å². The maximum atomic E-state index is 8.00. The number of rotatable bonds is 0. The standard InChI is InChI=1S/Co.6HNO2.Na/c;6*2-1-3;/h;6*(H,2,3);/p-6. The molecular weight excluding hydrogens is 358 g/mol. The first kappa shape index (κ1) is 52.2. The second-order valence-electron chi connectivity index (χ2n) is 0.447. The Morgan fingerprint density at radius 1 is 0.400 bits per heavy atom. The molecule has 0 aliphatic carbocycles. The van der Waals surface area contributed by atoms with Gasteiger partial charge in [0.2, 0.25) is 0 Å². The molecule has 0 heterocycles. The molecule has 118 valence electrons. The van der Waals surface area contributed by atoms with Crippen molar-refractivity contribution in [1.29, 1.82) is 0 Å². The van der Waals surface area contributed by atoms with Gasteiger partial charge < -0.3 is 60.7 Å². The minimum absolute atomic E-state index is 0. The molecule has 20 heavy (non-hydrogen) atoms. The van der Waals surface area contributed by atoms with Gasteiger partial charge in [0.25, 0.3) is 0 Å². The first-order chi connectivity index (χ1) is 8.49. The molecule has 0 rings (SSSR count). The van der Waals surface area contributed by atoms with E-state index in [0.29, 0.717) is 0 Å². The number of hydrogen-bond donors (Lipinski definition) is 0. The Morgan fingerprint density at radius 3 is 0.400 bits per heavy atom. The van der Waals surface area contributed by atoms with E-state index >= 15 is 0 Å². The molecule has 20 heteroatoms. The van der Waals surface area contributed by atoms with Crippen molar-refractivity contribution in [2.24, 2.45) is 32.0 Å². The van der Waals surface area contributed by atoms with Gasteiger partial charge in [-0.15, -0.1) is 32.0 Å². The molecule has 0 atom stereocenters. The van der Waals surface area contributed by atoms with E-state index in [-0.39, 0.29) is 46.3 Å². The Hall–Kier alpha value is -2.09. The van der Waals surface area contributed by atoms with E-state index < -0.39 is 0 Å². The SMILES string of the molecule is O=N[O-].O=N[O-].O=N[O-].O=N[O-].O=N[O-].O=N[O-].[Co].[Na]. The molecular formula is CoN6NaO12-6. The molecule has 0 amide bonds. The Balaban J connectivity index is -0.0000000141. The van der Waals surface area contributed by atoms with Crippen molar-refractivity contribution >= 4 is 29.6 Å². The molecule has 0 aromatic heterocycles. The third-order valence-corrected chi connectivity index (χ3v) is 0. The molecule has 2 radical (unpaired) electrons. The van der Waals surface area contributed by atoms with Crippen LogP contribution < -0.4 is 0 Å². The van der Waals surface area contributed by atoms with E-state index in [0.717, 1.165) is 32.0 Å². The number of hydrogen-bond acceptors (Lipinski definition) is 18. The molecule has 0 aromatic rings. The first-order valence-electron chi connectivity index (χ1n) is 2.19. The van der Waals surface area contributed by atoms with Crippen molar-refractivity contribution in [3.8, 4) is 0 Å². The van der Waals surface area contributed by atoms with Crippen LogP contribution in [0, 0.1) is 60.7 Å². The molecule has 0 aliphatic rings. The van der Waals surface area contributed by atoms with Crippen LogP contribution in [0.4, 0.5) is 0 Å². The van der Waals surface area contributed by atoms with Crippen molar-refractivity contribution in [3.05, 3.63) is 60.7 Å². The maximum Gasteiger partial charge on any atom is 0 e. The van der Waals surface area contributed by atoms with Gasteiger partial charge in [0.15, 0.2) is 0 Å². The molecule has 0 unspecified atom stereocenters. The summed E-state index contributed by atoms with van der Waals surface area (Å²) in [6.45, 7) is 0. The van der Waals surface area contributed by atoms with E-state index in [4.69, 9.17) is 60.7 Å². The quantitative estimate of drug-likeness (QED) is 0.333. The summed E-state index contributed by atoms with van der Waals surface area (Å²) in [6.07, 6.45) is 0. The van der Waals surface area contributed by atoms with Crippen LogP contribution in [0.25, 0.3) is 0 Å². The summed E-state index contributed by atoms with van der Waals surface area (Å²) in [6, 6.07) is 0. The summed E-state index contributed by atoms with van der Waals surface area (Å²) in [5, 5.41) is 54.0. The van der Waals surface area contributed by atoms with Crippen LogP contribution in [-0.4, -0.2) is 29.6 Å².